The van der Waals surface area contributed by atoms with Crippen LogP contribution in [0.5, 0.6) is 0 Å². The Balaban J connectivity index is 1.91. The van der Waals surface area contributed by atoms with Crippen molar-refractivity contribution in [3.8, 4) is 11.1 Å². The highest BCUT2D eigenvalue weighted by Crippen LogP contribution is 2.32. The standard InChI is InChI=1S/C19H20FN3O2S2/c1-4-23(5-2)18(25)11(3)27-19-21-16(24)15-14(10-26-17(15)22-19)12-6-8-13(20)9-7-12/h6-11H,4-5H2,1-3H3,(H,21,22,24). The number of thiophene rings is 1. The maximum atomic E-state index is 13.2. The first-order valence-corrected chi connectivity index (χ1v) is 10.4. The van der Waals surface area contributed by atoms with Crippen molar-refractivity contribution in [1.29, 1.82) is 0 Å². The number of benzene rings is 1. The molecule has 3 rings (SSSR count). The van der Waals surface area contributed by atoms with E-state index in [1.807, 2.05) is 26.2 Å². The third-order valence-electron chi connectivity index (χ3n) is 4.29. The molecule has 0 radical (unpaired) electrons. The summed E-state index contributed by atoms with van der Waals surface area (Å²) in [6.07, 6.45) is 0. The molecule has 0 aliphatic carbocycles. The molecule has 1 N–H and O–H groups in total. The Labute approximate surface area is 164 Å². The van der Waals surface area contributed by atoms with Crippen molar-refractivity contribution in [1.82, 2.24) is 14.9 Å². The van der Waals surface area contributed by atoms with Crippen LogP contribution in [0.25, 0.3) is 21.3 Å². The van der Waals surface area contributed by atoms with Crippen LogP contribution in [0.15, 0.2) is 39.6 Å². The van der Waals surface area contributed by atoms with Crippen molar-refractivity contribution < 1.29 is 9.18 Å². The Hall–Kier alpha value is -2.19. The second-order valence-electron chi connectivity index (χ2n) is 5.98. The van der Waals surface area contributed by atoms with Crippen LogP contribution in [0.3, 0.4) is 0 Å². The molecule has 27 heavy (non-hydrogen) atoms. The molecular formula is C19H20FN3O2S2. The average Bonchev–Trinajstić information content (AvgIpc) is 3.07. The van der Waals surface area contributed by atoms with E-state index in [2.05, 4.69) is 9.97 Å². The van der Waals surface area contributed by atoms with Crippen LogP contribution in [0.2, 0.25) is 0 Å². The number of aromatic nitrogens is 2. The highest BCUT2D eigenvalue weighted by molar-refractivity contribution is 8.00. The average molecular weight is 406 g/mol. The molecule has 0 saturated carbocycles. The minimum Gasteiger partial charge on any atom is -0.342 e. The molecule has 0 bridgehead atoms. The second-order valence-corrected chi connectivity index (χ2v) is 8.17. The number of carbonyl (C=O) groups is 1. The van der Waals surface area contributed by atoms with Gasteiger partial charge in [-0.25, -0.2) is 9.37 Å². The predicted molar refractivity (Wildman–Crippen MR) is 109 cm³/mol. The molecule has 0 saturated heterocycles. The fraction of sp³-hybridized carbons (Fsp3) is 0.316. The van der Waals surface area contributed by atoms with E-state index >= 15 is 0 Å². The van der Waals surface area contributed by atoms with Gasteiger partial charge in [-0.3, -0.25) is 9.59 Å². The summed E-state index contributed by atoms with van der Waals surface area (Å²) in [6, 6.07) is 6.02. The van der Waals surface area contributed by atoms with Crippen LogP contribution in [0, 0.1) is 5.82 Å². The zero-order valence-electron chi connectivity index (χ0n) is 15.3. The molecule has 2 heterocycles. The molecule has 3 aromatic rings. The summed E-state index contributed by atoms with van der Waals surface area (Å²) in [5.41, 5.74) is 1.23. The number of nitrogens with one attached hydrogen (secondary N) is 1. The van der Waals surface area contributed by atoms with Crippen LogP contribution >= 0.6 is 23.1 Å². The molecular weight excluding hydrogens is 385 g/mol. The largest absolute Gasteiger partial charge is 0.342 e. The zero-order chi connectivity index (χ0) is 19.6. The third kappa shape index (κ3) is 4.06. The van der Waals surface area contributed by atoms with Gasteiger partial charge >= 0.3 is 0 Å². The fourth-order valence-corrected chi connectivity index (χ4v) is 4.72. The van der Waals surface area contributed by atoms with E-state index in [1.165, 1.54) is 35.2 Å². The van der Waals surface area contributed by atoms with E-state index in [-0.39, 0.29) is 22.5 Å². The van der Waals surface area contributed by atoms with Crippen molar-refractivity contribution in [2.45, 2.75) is 31.2 Å². The van der Waals surface area contributed by atoms with E-state index in [9.17, 15) is 14.0 Å². The van der Waals surface area contributed by atoms with Gasteiger partial charge in [0.2, 0.25) is 5.91 Å². The SMILES string of the molecule is CCN(CC)C(=O)C(C)Sc1nc2scc(-c3ccc(F)cc3)c2c(=O)[nH]1. The summed E-state index contributed by atoms with van der Waals surface area (Å²) in [5, 5.41) is 2.41. The number of rotatable bonds is 6. The van der Waals surface area contributed by atoms with Crippen molar-refractivity contribution in [2.24, 2.45) is 0 Å². The van der Waals surface area contributed by atoms with Gasteiger partial charge in [0.05, 0.1) is 10.6 Å². The van der Waals surface area contributed by atoms with E-state index in [0.717, 1.165) is 11.1 Å². The van der Waals surface area contributed by atoms with Gasteiger partial charge in [-0.05, 0) is 38.5 Å². The lowest BCUT2D eigenvalue weighted by Gasteiger charge is -2.22. The highest BCUT2D eigenvalue weighted by atomic mass is 32.2. The predicted octanol–water partition coefficient (Wildman–Crippen LogP) is 4.14. The molecule has 1 amide bonds. The number of H-pyrrole nitrogens is 1. The van der Waals surface area contributed by atoms with Gasteiger partial charge in [0.25, 0.3) is 5.56 Å². The number of amides is 1. The number of thioether (sulfide) groups is 1. The molecule has 0 fully saturated rings. The first-order valence-electron chi connectivity index (χ1n) is 8.67. The van der Waals surface area contributed by atoms with E-state index < -0.39 is 0 Å². The molecule has 5 nitrogen and oxygen atoms in total. The Morgan fingerprint density at radius 3 is 2.59 bits per heavy atom. The summed E-state index contributed by atoms with van der Waals surface area (Å²) in [6.45, 7) is 6.99. The number of hydrogen-bond acceptors (Lipinski definition) is 5. The molecule has 8 heteroatoms. The minimum absolute atomic E-state index is 0.0194. The normalized spacial score (nSPS) is 12.3. The van der Waals surface area contributed by atoms with Gasteiger partial charge < -0.3 is 9.88 Å². The lowest BCUT2D eigenvalue weighted by atomic mass is 10.1. The molecule has 0 aliphatic rings. The molecule has 1 aromatic carbocycles. The third-order valence-corrected chi connectivity index (χ3v) is 6.13. The number of carbonyl (C=O) groups excluding carboxylic acids is 1. The van der Waals surface area contributed by atoms with Crippen LogP contribution in [0.1, 0.15) is 20.8 Å². The molecule has 142 valence electrons. The van der Waals surface area contributed by atoms with Gasteiger partial charge in [-0.2, -0.15) is 0 Å². The van der Waals surface area contributed by atoms with Crippen molar-refractivity contribution >= 4 is 39.2 Å². The summed E-state index contributed by atoms with van der Waals surface area (Å²) in [5.74, 6) is -0.304. The van der Waals surface area contributed by atoms with Gasteiger partial charge in [0.15, 0.2) is 5.16 Å². The number of hydrogen-bond donors (Lipinski definition) is 1. The Morgan fingerprint density at radius 2 is 1.96 bits per heavy atom. The minimum atomic E-state index is -0.345. The summed E-state index contributed by atoms with van der Waals surface area (Å²) >= 11 is 2.60. The number of fused-ring (bicyclic) bond motifs is 1. The Kier molecular flexibility index (Phi) is 5.96. The topological polar surface area (TPSA) is 66.1 Å². The first-order chi connectivity index (χ1) is 12.9. The van der Waals surface area contributed by atoms with Crippen LogP contribution in [-0.4, -0.2) is 39.1 Å². The van der Waals surface area contributed by atoms with E-state index in [4.69, 9.17) is 0 Å². The van der Waals surface area contributed by atoms with Crippen molar-refractivity contribution in [3.05, 3.63) is 45.8 Å². The van der Waals surface area contributed by atoms with Crippen LogP contribution in [0.4, 0.5) is 4.39 Å². The Morgan fingerprint density at radius 1 is 1.30 bits per heavy atom. The molecule has 0 aliphatic heterocycles. The maximum Gasteiger partial charge on any atom is 0.260 e. The molecule has 1 atom stereocenters. The highest BCUT2D eigenvalue weighted by Gasteiger charge is 2.21. The lowest BCUT2D eigenvalue weighted by Crippen LogP contribution is -2.36. The monoisotopic (exact) mass is 405 g/mol. The second kappa shape index (κ2) is 8.22. The van der Waals surface area contributed by atoms with Gasteiger partial charge in [0, 0.05) is 24.0 Å². The number of halogens is 1. The van der Waals surface area contributed by atoms with Crippen molar-refractivity contribution in [2.75, 3.05) is 13.1 Å². The number of nitrogens with zero attached hydrogens (tertiary/aromatic N) is 2. The molecule has 0 spiro atoms. The summed E-state index contributed by atoms with van der Waals surface area (Å²) < 4.78 is 13.2. The maximum absolute atomic E-state index is 13.2. The van der Waals surface area contributed by atoms with E-state index in [1.54, 1.807) is 17.0 Å². The molecule has 1 unspecified atom stereocenters. The number of aromatic amines is 1. The fourth-order valence-electron chi connectivity index (χ4n) is 2.84. The smallest absolute Gasteiger partial charge is 0.260 e. The summed E-state index contributed by atoms with van der Waals surface area (Å²) in [7, 11) is 0. The van der Waals surface area contributed by atoms with E-state index in [0.29, 0.717) is 28.5 Å². The van der Waals surface area contributed by atoms with Gasteiger partial charge in [0.1, 0.15) is 10.6 Å². The summed E-state index contributed by atoms with van der Waals surface area (Å²) in [4.78, 5) is 34.7. The van der Waals surface area contributed by atoms with Gasteiger partial charge in [-0.15, -0.1) is 11.3 Å². The van der Waals surface area contributed by atoms with Crippen LogP contribution in [-0.2, 0) is 4.79 Å². The quantitative estimate of drug-likeness (QED) is 0.494. The van der Waals surface area contributed by atoms with Gasteiger partial charge in [-0.1, -0.05) is 23.9 Å². The first kappa shape index (κ1) is 19.6. The van der Waals surface area contributed by atoms with Crippen LogP contribution < -0.4 is 5.56 Å². The zero-order valence-corrected chi connectivity index (χ0v) is 16.9. The lowest BCUT2D eigenvalue weighted by molar-refractivity contribution is -0.129. The van der Waals surface area contributed by atoms with Crippen molar-refractivity contribution in [3.63, 3.8) is 0 Å². The Bertz CT molecular complexity index is 1010. The molecule has 2 aromatic heterocycles.